The van der Waals surface area contributed by atoms with E-state index in [1.807, 2.05) is 12.1 Å². The predicted octanol–water partition coefficient (Wildman–Crippen LogP) is 6.31. The largest absolute Gasteiger partial charge is 0.507 e. The average Bonchev–Trinajstić information content (AvgIpc) is 3.08. The van der Waals surface area contributed by atoms with E-state index in [4.69, 9.17) is 0 Å². The van der Waals surface area contributed by atoms with Crippen molar-refractivity contribution in [3.8, 4) is 33.8 Å². The number of carbonyl (C=O) groups excluding carboxylic acids is 3. The number of aromatic hydroxyl groups is 2. The van der Waals surface area contributed by atoms with E-state index in [0.29, 0.717) is 16.7 Å². The van der Waals surface area contributed by atoms with Gasteiger partial charge in [0.2, 0.25) is 5.91 Å². The Labute approximate surface area is 279 Å². The van der Waals surface area contributed by atoms with Gasteiger partial charge in [0.1, 0.15) is 23.6 Å². The fourth-order valence-corrected chi connectivity index (χ4v) is 6.12. The molecule has 3 atom stereocenters. The van der Waals surface area contributed by atoms with Crippen LogP contribution in [0.15, 0.2) is 84.9 Å². The number of unbranched alkanes of at least 4 members (excludes halogenated alkanes) is 1. The monoisotopic (exact) mass is 648 g/mol. The number of likely N-dealkylation sites (N-methyl/N-ethyl adjacent to an activating group) is 1. The molecule has 0 unspecified atom stereocenters. The minimum absolute atomic E-state index is 0.0849. The molecule has 9 heteroatoms. The highest BCUT2D eigenvalue weighted by Crippen LogP contribution is 2.39. The smallest absolute Gasteiger partial charge is 0.326 e. The number of phenolic OH excluding ortho intramolecular Hbond substituents is 2. The van der Waals surface area contributed by atoms with E-state index in [9.17, 15) is 34.5 Å². The third kappa shape index (κ3) is 7.41. The number of fused-ring (bicyclic) bond motifs is 5. The van der Waals surface area contributed by atoms with Crippen LogP contribution in [-0.2, 0) is 27.2 Å². The van der Waals surface area contributed by atoms with Crippen LogP contribution < -0.4 is 5.32 Å². The average molecular weight is 649 g/mol. The molecule has 1 heterocycles. The summed E-state index contributed by atoms with van der Waals surface area (Å²) in [7, 11) is 1.51. The second-order valence-electron chi connectivity index (χ2n) is 12.5. The molecule has 4 aromatic carbocycles. The molecule has 1 aliphatic rings. The van der Waals surface area contributed by atoms with Crippen molar-refractivity contribution in [2.45, 2.75) is 58.0 Å². The van der Waals surface area contributed by atoms with Crippen LogP contribution in [0.25, 0.3) is 22.3 Å². The Kier molecular flexibility index (Phi) is 10.3. The number of hydrogen-bond acceptors (Lipinski definition) is 6. The summed E-state index contributed by atoms with van der Waals surface area (Å²) in [5, 5.41) is 34.0. The summed E-state index contributed by atoms with van der Waals surface area (Å²) < 4.78 is 0. The lowest BCUT2D eigenvalue weighted by Gasteiger charge is -2.29. The predicted molar refractivity (Wildman–Crippen MR) is 183 cm³/mol. The normalized spacial score (nSPS) is 18.0. The molecule has 0 spiro atoms. The van der Waals surface area contributed by atoms with Gasteiger partial charge in [-0.15, -0.1) is 0 Å². The maximum atomic E-state index is 14.0. The second-order valence-corrected chi connectivity index (χ2v) is 12.5. The molecule has 4 aromatic rings. The van der Waals surface area contributed by atoms with Gasteiger partial charge >= 0.3 is 5.97 Å². The van der Waals surface area contributed by atoms with E-state index in [2.05, 4.69) is 36.5 Å². The third-order valence-corrected chi connectivity index (χ3v) is 8.95. The molecule has 0 radical (unpaired) electrons. The molecule has 1 aliphatic heterocycles. The van der Waals surface area contributed by atoms with Crippen LogP contribution in [0.1, 0.15) is 66.2 Å². The molecule has 4 N–H and O–H groups in total. The molecule has 2 amide bonds. The van der Waals surface area contributed by atoms with Crippen molar-refractivity contribution in [2.75, 3.05) is 7.05 Å². The van der Waals surface area contributed by atoms with Crippen molar-refractivity contribution in [1.29, 1.82) is 0 Å². The molecule has 9 nitrogen and oxygen atoms in total. The number of carboxylic acid groups (broad SMARTS) is 1. The van der Waals surface area contributed by atoms with E-state index in [0.717, 1.165) is 30.4 Å². The lowest BCUT2D eigenvalue weighted by molar-refractivity contribution is -0.142. The number of amides is 2. The minimum atomic E-state index is -1.29. The number of rotatable bonds is 7. The van der Waals surface area contributed by atoms with Crippen molar-refractivity contribution >= 4 is 23.6 Å². The Balaban J connectivity index is 1.51. The highest BCUT2D eigenvalue weighted by Gasteiger charge is 2.33. The number of phenols is 2. The van der Waals surface area contributed by atoms with E-state index >= 15 is 0 Å². The maximum Gasteiger partial charge on any atom is 0.326 e. The van der Waals surface area contributed by atoms with Gasteiger partial charge in [0.25, 0.3) is 5.91 Å². The molecule has 0 saturated carbocycles. The number of hydrogen-bond donors (Lipinski definition) is 4. The summed E-state index contributed by atoms with van der Waals surface area (Å²) in [6.45, 7) is 3.70. The van der Waals surface area contributed by atoms with Crippen molar-refractivity contribution in [3.05, 3.63) is 107 Å². The van der Waals surface area contributed by atoms with E-state index in [1.165, 1.54) is 48.7 Å². The number of benzene rings is 4. The molecule has 5 rings (SSSR count). The Morgan fingerprint density at radius 1 is 0.833 bits per heavy atom. The van der Waals surface area contributed by atoms with Crippen molar-refractivity contribution < 1.29 is 34.5 Å². The Bertz CT molecular complexity index is 1830. The van der Waals surface area contributed by atoms with Crippen LogP contribution in [-0.4, -0.2) is 56.9 Å². The molecule has 0 fully saturated rings. The van der Waals surface area contributed by atoms with Crippen molar-refractivity contribution in [1.82, 2.24) is 10.2 Å². The summed E-state index contributed by atoms with van der Waals surface area (Å²) in [6.07, 6.45) is 2.92. The SMILES string of the molecule is CCCCc1ccc(-c2ccc(C(=O)N(C)[C@@H]3C(=O)C[C@@H](C)C(=O)N[C@H](C(=O)O)Cc4ccc(O)c(c4)-c4cc3ccc4O)cc2)cc1. The fraction of sp³-hybridized carbons (Fsp3) is 0.282. The number of nitrogens with zero attached hydrogens (tertiary/aromatic N) is 1. The van der Waals surface area contributed by atoms with Crippen LogP contribution in [0, 0.1) is 5.92 Å². The first kappa shape index (κ1) is 33.9. The summed E-state index contributed by atoms with van der Waals surface area (Å²) >= 11 is 0. The van der Waals surface area contributed by atoms with Crippen molar-refractivity contribution in [3.63, 3.8) is 0 Å². The van der Waals surface area contributed by atoms with E-state index < -0.39 is 41.6 Å². The lowest BCUT2D eigenvalue weighted by atomic mass is 9.89. The molecule has 4 bridgehead atoms. The standard InChI is InChI=1S/C39H40N2O7/c1-4-5-6-24-7-10-26(11-8-24)27-12-14-28(15-13-27)38(46)41(3)36-29-16-18-34(43)31(22-29)30-20-25(9-17-33(30)42)21-32(39(47)48)40-37(45)23(2)19-35(36)44/h7-18,20,22-23,32,36,42-43H,4-6,19,21H2,1-3H3,(H,40,45)(H,47,48)/t23-,32+,36+/m1/s1. The zero-order valence-corrected chi connectivity index (χ0v) is 27.3. The Morgan fingerprint density at radius 3 is 2.06 bits per heavy atom. The maximum absolute atomic E-state index is 14.0. The summed E-state index contributed by atoms with van der Waals surface area (Å²) in [6, 6.07) is 22.0. The van der Waals surface area contributed by atoms with Gasteiger partial charge < -0.3 is 25.5 Å². The van der Waals surface area contributed by atoms with Gasteiger partial charge in [0.05, 0.1) is 0 Å². The molecular formula is C39H40N2O7. The van der Waals surface area contributed by atoms with Crippen LogP contribution >= 0.6 is 0 Å². The van der Waals surface area contributed by atoms with Crippen LogP contribution in [0.4, 0.5) is 0 Å². The van der Waals surface area contributed by atoms with E-state index in [-0.39, 0.29) is 35.5 Å². The van der Waals surface area contributed by atoms with Gasteiger partial charge in [-0.3, -0.25) is 14.4 Å². The van der Waals surface area contributed by atoms with Crippen molar-refractivity contribution in [2.24, 2.45) is 5.92 Å². The number of carboxylic acids is 1. The molecular weight excluding hydrogens is 608 g/mol. The second kappa shape index (κ2) is 14.5. The Morgan fingerprint density at radius 2 is 1.44 bits per heavy atom. The summed E-state index contributed by atoms with van der Waals surface area (Å²) in [5.41, 5.74) is 4.88. The van der Waals surface area contributed by atoms with Crippen LogP contribution in [0.2, 0.25) is 0 Å². The van der Waals surface area contributed by atoms with Gasteiger partial charge in [-0.1, -0.05) is 68.8 Å². The zero-order valence-electron chi connectivity index (χ0n) is 27.3. The van der Waals surface area contributed by atoms with Gasteiger partial charge in [-0.05, 0) is 77.1 Å². The summed E-state index contributed by atoms with van der Waals surface area (Å²) in [4.78, 5) is 54.4. The first-order valence-electron chi connectivity index (χ1n) is 16.1. The third-order valence-electron chi connectivity index (χ3n) is 8.95. The van der Waals surface area contributed by atoms with Crippen LogP contribution in [0.5, 0.6) is 11.5 Å². The number of ketones is 1. The molecule has 248 valence electrons. The van der Waals surface area contributed by atoms with Crippen LogP contribution in [0.3, 0.4) is 0 Å². The number of nitrogens with one attached hydrogen (secondary N) is 1. The molecule has 0 saturated heterocycles. The minimum Gasteiger partial charge on any atom is -0.507 e. The number of aliphatic carboxylic acids is 1. The highest BCUT2D eigenvalue weighted by molar-refractivity contribution is 5.99. The van der Waals surface area contributed by atoms with Gasteiger partial charge in [-0.25, -0.2) is 4.79 Å². The lowest BCUT2D eigenvalue weighted by Crippen LogP contribution is -2.45. The topological polar surface area (TPSA) is 144 Å². The highest BCUT2D eigenvalue weighted by atomic mass is 16.4. The van der Waals surface area contributed by atoms with Gasteiger partial charge in [-0.2, -0.15) is 0 Å². The number of carbonyl (C=O) groups is 4. The first-order valence-corrected chi connectivity index (χ1v) is 16.1. The van der Waals surface area contributed by atoms with Gasteiger partial charge in [0.15, 0.2) is 5.78 Å². The zero-order chi connectivity index (χ0) is 34.5. The molecule has 48 heavy (non-hydrogen) atoms. The molecule has 0 aromatic heterocycles. The van der Waals surface area contributed by atoms with Gasteiger partial charge in [0, 0.05) is 42.5 Å². The quantitative estimate of drug-likeness (QED) is 0.184. The molecule has 0 aliphatic carbocycles. The summed E-state index contributed by atoms with van der Waals surface area (Å²) in [5.74, 6) is -4.00. The van der Waals surface area contributed by atoms with E-state index in [1.54, 1.807) is 24.3 Å². The number of aryl methyl sites for hydroxylation is 1. The number of Topliss-reactive ketones (excluding diaryl/α,β-unsaturated/α-hetero) is 1. The first-order chi connectivity index (χ1) is 23.0. The Hall–Kier alpha value is -5.44. The fourth-order valence-electron chi connectivity index (χ4n) is 6.12.